The molecule has 0 bridgehead atoms. The van der Waals surface area contributed by atoms with E-state index in [4.69, 9.17) is 0 Å². The van der Waals surface area contributed by atoms with Gasteiger partial charge in [-0.15, -0.1) is 3.63 Å². The number of ketones is 1. The topological polar surface area (TPSA) is 138 Å². The van der Waals surface area contributed by atoms with Gasteiger partial charge in [0.05, 0.1) is 0 Å². The molecule has 0 aromatic heterocycles. The number of hydrogen-bond donors (Lipinski definition) is 0. The van der Waals surface area contributed by atoms with Crippen LogP contribution in [0, 0.1) is 0 Å². The van der Waals surface area contributed by atoms with Gasteiger partial charge in [0.15, 0.2) is 5.78 Å². The molecule has 0 unspecified atom stereocenters. The molecule has 0 fully saturated rings. The third-order valence-corrected chi connectivity index (χ3v) is 7.01. The summed E-state index contributed by atoms with van der Waals surface area (Å²) in [5.41, 5.74) is -17.1. The molecule has 0 N–H and O–H groups in total. The Hall–Kier alpha value is -2.13. The summed E-state index contributed by atoms with van der Waals surface area (Å²) in [5.74, 6) is -0.734. The standard InChI is InChI=1S/C11H9F3O4S.C2F6O5S2/c12-11(13,14)19(16,17)18-8-5-4-7-2-1-3-10(15)9(7)6-8;3-1(4,5)14(9,10)13-15(11,12)2(6,7)8/h4-6H,1-3H2;. The van der Waals surface area contributed by atoms with Crippen molar-refractivity contribution >= 4 is 36.1 Å². The van der Waals surface area contributed by atoms with Gasteiger partial charge in [-0.2, -0.15) is 64.8 Å². The third kappa shape index (κ3) is 7.18. The van der Waals surface area contributed by atoms with Crippen LogP contribution < -0.4 is 4.18 Å². The second-order valence-electron chi connectivity index (χ2n) is 5.95. The first-order valence-electron chi connectivity index (χ1n) is 7.92. The molecule has 1 aromatic carbocycles. The maximum absolute atomic E-state index is 12.2. The van der Waals surface area contributed by atoms with Crippen molar-refractivity contribution in [1.29, 1.82) is 0 Å². The highest BCUT2D eigenvalue weighted by molar-refractivity contribution is 8.00. The van der Waals surface area contributed by atoms with Gasteiger partial charge >= 0.3 is 46.9 Å². The fraction of sp³-hybridized carbons (Fsp3) is 0.462. The first kappa shape index (κ1) is 29.9. The quantitative estimate of drug-likeness (QED) is 0.301. The summed E-state index contributed by atoms with van der Waals surface area (Å²) in [4.78, 5) is 11.6. The minimum atomic E-state index is -6.85. The molecule has 1 aliphatic carbocycles. The molecule has 0 saturated carbocycles. The van der Waals surface area contributed by atoms with Crippen LogP contribution in [0.3, 0.4) is 0 Å². The minimum Gasteiger partial charge on any atom is -0.376 e. The van der Waals surface area contributed by atoms with Gasteiger partial charge in [-0.25, -0.2) is 0 Å². The van der Waals surface area contributed by atoms with E-state index in [-0.39, 0.29) is 11.3 Å². The molecule has 0 atom stereocenters. The second-order valence-corrected chi connectivity index (χ2v) is 10.8. The second kappa shape index (κ2) is 9.49. The molecule has 21 heteroatoms. The van der Waals surface area contributed by atoms with Crippen LogP contribution in [0.25, 0.3) is 0 Å². The molecular weight excluding hydrogens is 567 g/mol. The lowest BCUT2D eigenvalue weighted by Crippen LogP contribution is -2.34. The summed E-state index contributed by atoms with van der Waals surface area (Å²) >= 11 is 0. The predicted octanol–water partition coefficient (Wildman–Crippen LogP) is 3.14. The van der Waals surface area contributed by atoms with Gasteiger partial charge in [0.25, 0.3) is 0 Å². The number of Topliss-reactive ketones (excluding diaryl/α,β-unsaturated/α-hetero) is 1. The zero-order chi connectivity index (χ0) is 27.0. The van der Waals surface area contributed by atoms with Crippen molar-refractivity contribution in [3.63, 3.8) is 0 Å². The van der Waals surface area contributed by atoms with Gasteiger partial charge in [0.2, 0.25) is 0 Å². The third-order valence-electron chi connectivity index (χ3n) is 3.47. The number of rotatable bonds is 4. The molecule has 34 heavy (non-hydrogen) atoms. The van der Waals surface area contributed by atoms with Crippen molar-refractivity contribution in [2.45, 2.75) is 35.8 Å². The minimum absolute atomic E-state index is 0.223. The maximum atomic E-state index is 12.2. The van der Waals surface area contributed by atoms with Gasteiger partial charge in [-0.3, -0.25) is 4.79 Å². The predicted molar refractivity (Wildman–Crippen MR) is 90.3 cm³/mol. The van der Waals surface area contributed by atoms with Crippen molar-refractivity contribution in [2.24, 2.45) is 0 Å². The fourth-order valence-electron chi connectivity index (χ4n) is 2.03. The zero-order valence-electron chi connectivity index (χ0n) is 15.7. The van der Waals surface area contributed by atoms with E-state index in [0.29, 0.717) is 24.8 Å². The van der Waals surface area contributed by atoms with E-state index in [1.54, 1.807) is 0 Å². The molecule has 0 aliphatic heterocycles. The molecule has 1 aromatic rings. The zero-order valence-corrected chi connectivity index (χ0v) is 18.1. The van der Waals surface area contributed by atoms with E-state index < -0.39 is 52.6 Å². The van der Waals surface area contributed by atoms with E-state index in [2.05, 4.69) is 4.18 Å². The van der Waals surface area contributed by atoms with Gasteiger partial charge in [0, 0.05) is 12.0 Å². The Balaban J connectivity index is 0.000000352. The lowest BCUT2D eigenvalue weighted by molar-refractivity contribution is -0.0586. The molecule has 0 heterocycles. The maximum Gasteiger partial charge on any atom is 0.534 e. The normalized spacial score (nSPS) is 15.7. The van der Waals surface area contributed by atoms with Crippen LogP contribution in [-0.2, 0) is 40.4 Å². The smallest absolute Gasteiger partial charge is 0.376 e. The molecule has 1 aliphatic rings. The number of alkyl halides is 9. The summed E-state index contributed by atoms with van der Waals surface area (Å²) in [7, 11) is -19.4. The van der Waals surface area contributed by atoms with Crippen LogP contribution in [0.5, 0.6) is 5.75 Å². The Bertz CT molecular complexity index is 1200. The number of halogens is 9. The molecule has 0 spiro atoms. The van der Waals surface area contributed by atoms with Crippen molar-refractivity contribution in [3.8, 4) is 5.75 Å². The van der Waals surface area contributed by atoms with Crippen LogP contribution in [0.2, 0.25) is 0 Å². The molecule has 2 rings (SSSR count). The van der Waals surface area contributed by atoms with Crippen LogP contribution in [0.15, 0.2) is 18.2 Å². The molecule has 9 nitrogen and oxygen atoms in total. The molecule has 196 valence electrons. The Morgan fingerprint density at radius 1 is 0.676 bits per heavy atom. The van der Waals surface area contributed by atoms with Crippen molar-refractivity contribution in [1.82, 2.24) is 0 Å². The van der Waals surface area contributed by atoms with Gasteiger partial charge in [-0.1, -0.05) is 6.07 Å². The highest BCUT2D eigenvalue weighted by Gasteiger charge is 2.57. The summed E-state index contributed by atoms with van der Waals surface area (Å²) in [6, 6.07) is 3.56. The largest absolute Gasteiger partial charge is 0.534 e. The number of fused-ring (bicyclic) bond motifs is 1. The van der Waals surface area contributed by atoms with Gasteiger partial charge in [0.1, 0.15) is 5.75 Å². The van der Waals surface area contributed by atoms with Crippen molar-refractivity contribution in [2.75, 3.05) is 0 Å². The van der Waals surface area contributed by atoms with E-state index in [1.165, 1.54) is 6.07 Å². The van der Waals surface area contributed by atoms with Crippen molar-refractivity contribution < 1.29 is 77.4 Å². The summed E-state index contributed by atoms with van der Waals surface area (Å²) in [6.45, 7) is 0. The first-order valence-corrected chi connectivity index (χ1v) is 12.1. The molecular formula is C13H9F9O9S3. The highest BCUT2D eigenvalue weighted by Crippen LogP contribution is 2.32. The SMILES string of the molecule is O=C1CCCc2ccc(OS(=O)(=O)C(F)(F)F)cc21.O=S(=O)(OS(=O)(=O)C(F)(F)F)C(F)(F)F. The number of carbonyl (C=O) groups is 1. The van der Waals surface area contributed by atoms with Gasteiger partial charge < -0.3 is 4.18 Å². The van der Waals surface area contributed by atoms with E-state index >= 15 is 0 Å². The Morgan fingerprint density at radius 3 is 1.53 bits per heavy atom. The summed E-state index contributed by atoms with van der Waals surface area (Å²) in [5, 5.41) is 0. The Morgan fingerprint density at radius 2 is 1.12 bits per heavy atom. The molecule has 0 amide bonds. The Kier molecular flexibility index (Phi) is 8.35. The lowest BCUT2D eigenvalue weighted by Gasteiger charge is -2.16. The molecule has 0 radical (unpaired) electrons. The lowest BCUT2D eigenvalue weighted by atomic mass is 9.91. The average Bonchev–Trinajstić information content (AvgIpc) is 2.59. The summed E-state index contributed by atoms with van der Waals surface area (Å²) < 4.78 is 172. The monoisotopic (exact) mass is 576 g/mol. The van der Waals surface area contributed by atoms with Gasteiger partial charge in [-0.05, 0) is 30.5 Å². The number of benzene rings is 1. The van der Waals surface area contributed by atoms with E-state index in [0.717, 1.165) is 12.1 Å². The highest BCUT2D eigenvalue weighted by atomic mass is 32.3. The summed E-state index contributed by atoms with van der Waals surface area (Å²) in [6.07, 6.45) is 1.60. The fourth-order valence-corrected chi connectivity index (χ4v) is 4.04. The van der Waals surface area contributed by atoms with Crippen LogP contribution in [0.4, 0.5) is 39.5 Å². The molecule has 0 saturated heterocycles. The number of carbonyl (C=O) groups excluding carboxylic acids is 1. The van der Waals surface area contributed by atoms with Crippen LogP contribution in [0.1, 0.15) is 28.8 Å². The van der Waals surface area contributed by atoms with Crippen LogP contribution in [-0.4, -0.2) is 47.6 Å². The van der Waals surface area contributed by atoms with Crippen LogP contribution >= 0.6 is 0 Å². The first-order chi connectivity index (χ1) is 14.9. The number of hydrogen-bond acceptors (Lipinski definition) is 9. The van der Waals surface area contributed by atoms with Crippen molar-refractivity contribution in [3.05, 3.63) is 29.3 Å². The van der Waals surface area contributed by atoms with E-state index in [9.17, 15) is 69.6 Å². The number of aryl methyl sites for hydroxylation is 1. The average molecular weight is 576 g/mol. The van der Waals surface area contributed by atoms with E-state index in [1.807, 2.05) is 3.63 Å². The Labute approximate surface area is 184 Å².